The summed E-state index contributed by atoms with van der Waals surface area (Å²) in [6, 6.07) is 2.70. The normalized spacial score (nSPS) is 15.0. The van der Waals surface area contributed by atoms with Gasteiger partial charge < -0.3 is 15.0 Å². The fourth-order valence-corrected chi connectivity index (χ4v) is 2.26. The van der Waals surface area contributed by atoms with Gasteiger partial charge in [0.1, 0.15) is 12.2 Å². The molecule has 120 valence electrons. The van der Waals surface area contributed by atoms with Gasteiger partial charge in [0.2, 0.25) is 0 Å². The number of carbonyl (C=O) groups is 1. The largest absolute Gasteiger partial charge is 0.406 e. The number of aliphatic hydroxyl groups is 1. The van der Waals surface area contributed by atoms with Crippen LogP contribution >= 0.6 is 0 Å². The molecular formula is C14H21F3N2O2. The van der Waals surface area contributed by atoms with E-state index in [1.807, 2.05) is 13.8 Å². The van der Waals surface area contributed by atoms with Crippen molar-refractivity contribution >= 4 is 5.91 Å². The summed E-state index contributed by atoms with van der Waals surface area (Å²) in [5.41, 5.74) is -1.17. The van der Waals surface area contributed by atoms with E-state index in [9.17, 15) is 23.1 Å². The molecule has 1 rings (SSSR count). The topological polar surface area (TPSA) is 54.3 Å². The first-order valence-electron chi connectivity index (χ1n) is 6.73. The van der Waals surface area contributed by atoms with Crippen LogP contribution in [0.25, 0.3) is 0 Å². The van der Waals surface area contributed by atoms with E-state index in [0.29, 0.717) is 6.42 Å². The average molecular weight is 306 g/mol. The molecule has 4 nitrogen and oxygen atoms in total. The molecule has 1 aromatic rings. The standard InChI is InChI=1S/C14H21F3N2O2/c1-10(2)7-13(3,21)8-18-12(20)11-5-4-6-19(11)9-14(15,16)17/h4-6,10,21H,7-9H2,1-3H3,(H,18,20). The van der Waals surface area contributed by atoms with E-state index in [2.05, 4.69) is 5.32 Å². The Labute approximate surface area is 122 Å². The fraction of sp³-hybridized carbons (Fsp3) is 0.643. The summed E-state index contributed by atoms with van der Waals surface area (Å²) in [5, 5.41) is 12.6. The SMILES string of the molecule is CC(C)CC(C)(O)CNC(=O)c1cccn1CC(F)(F)F. The molecule has 21 heavy (non-hydrogen) atoms. The number of halogens is 3. The maximum absolute atomic E-state index is 12.4. The van der Waals surface area contributed by atoms with Crippen molar-refractivity contribution in [3.8, 4) is 0 Å². The lowest BCUT2D eigenvalue weighted by Crippen LogP contribution is -2.42. The van der Waals surface area contributed by atoms with Crippen LogP contribution in [0.5, 0.6) is 0 Å². The number of nitrogens with zero attached hydrogens (tertiary/aromatic N) is 1. The Hall–Kier alpha value is -1.50. The van der Waals surface area contributed by atoms with Crippen LogP contribution in [0.15, 0.2) is 18.3 Å². The molecule has 2 N–H and O–H groups in total. The van der Waals surface area contributed by atoms with E-state index in [1.165, 1.54) is 18.3 Å². The summed E-state index contributed by atoms with van der Waals surface area (Å²) >= 11 is 0. The molecule has 1 unspecified atom stereocenters. The first kappa shape index (κ1) is 17.6. The summed E-state index contributed by atoms with van der Waals surface area (Å²) in [7, 11) is 0. The van der Waals surface area contributed by atoms with Crippen molar-refractivity contribution < 1.29 is 23.1 Å². The molecule has 0 aliphatic carbocycles. The van der Waals surface area contributed by atoms with Crippen molar-refractivity contribution in [3.63, 3.8) is 0 Å². The zero-order valence-electron chi connectivity index (χ0n) is 12.4. The first-order valence-corrected chi connectivity index (χ1v) is 6.73. The molecule has 0 bridgehead atoms. The fourth-order valence-electron chi connectivity index (χ4n) is 2.26. The Balaban J connectivity index is 2.67. The maximum Gasteiger partial charge on any atom is 0.406 e. The van der Waals surface area contributed by atoms with Crippen LogP contribution in [-0.4, -0.2) is 33.9 Å². The van der Waals surface area contributed by atoms with Gasteiger partial charge in [-0.1, -0.05) is 13.8 Å². The molecule has 1 amide bonds. The van der Waals surface area contributed by atoms with E-state index in [4.69, 9.17) is 0 Å². The van der Waals surface area contributed by atoms with Crippen molar-refractivity contribution in [3.05, 3.63) is 24.0 Å². The minimum absolute atomic E-state index is 0.0127. The lowest BCUT2D eigenvalue weighted by molar-refractivity contribution is -0.140. The lowest BCUT2D eigenvalue weighted by Gasteiger charge is -2.25. The van der Waals surface area contributed by atoms with Crippen molar-refractivity contribution in [1.29, 1.82) is 0 Å². The zero-order chi connectivity index (χ0) is 16.3. The second-order valence-electron chi connectivity index (χ2n) is 5.91. The number of rotatable bonds is 6. The maximum atomic E-state index is 12.4. The molecule has 0 spiro atoms. The third-order valence-corrected chi connectivity index (χ3v) is 2.89. The van der Waals surface area contributed by atoms with Crippen LogP contribution < -0.4 is 5.32 Å². The molecule has 0 aliphatic heterocycles. The second-order valence-corrected chi connectivity index (χ2v) is 5.91. The predicted molar refractivity (Wildman–Crippen MR) is 72.9 cm³/mol. The van der Waals surface area contributed by atoms with Crippen molar-refractivity contribution in [2.45, 2.75) is 45.5 Å². The molecule has 0 aliphatic rings. The third-order valence-electron chi connectivity index (χ3n) is 2.89. The zero-order valence-corrected chi connectivity index (χ0v) is 12.4. The van der Waals surface area contributed by atoms with E-state index in [0.717, 1.165) is 4.57 Å². The molecule has 0 saturated heterocycles. The summed E-state index contributed by atoms with van der Waals surface area (Å²) in [6.07, 6.45) is -2.71. The highest BCUT2D eigenvalue weighted by molar-refractivity contribution is 5.92. The van der Waals surface area contributed by atoms with Gasteiger partial charge in [-0.3, -0.25) is 4.79 Å². The van der Waals surface area contributed by atoms with Crippen molar-refractivity contribution in [2.24, 2.45) is 5.92 Å². The average Bonchev–Trinajstić information content (AvgIpc) is 2.69. The van der Waals surface area contributed by atoms with E-state index < -0.39 is 24.2 Å². The monoisotopic (exact) mass is 306 g/mol. The number of aromatic nitrogens is 1. The molecule has 1 atom stereocenters. The van der Waals surface area contributed by atoms with Crippen LogP contribution in [0, 0.1) is 5.92 Å². The Bertz CT molecular complexity index is 479. The predicted octanol–water partition coefficient (Wildman–Crippen LogP) is 2.58. The van der Waals surface area contributed by atoms with Gasteiger partial charge in [-0.25, -0.2) is 0 Å². The quantitative estimate of drug-likeness (QED) is 0.849. The summed E-state index contributed by atoms with van der Waals surface area (Å²) < 4.78 is 38.0. The minimum atomic E-state index is -4.39. The molecular weight excluding hydrogens is 285 g/mol. The highest BCUT2D eigenvalue weighted by atomic mass is 19.4. The Morgan fingerprint density at radius 1 is 1.43 bits per heavy atom. The van der Waals surface area contributed by atoms with Gasteiger partial charge in [-0.2, -0.15) is 13.2 Å². The van der Waals surface area contributed by atoms with Gasteiger partial charge in [0, 0.05) is 12.7 Å². The molecule has 0 radical (unpaired) electrons. The minimum Gasteiger partial charge on any atom is -0.388 e. The molecule has 0 saturated carbocycles. The number of carbonyl (C=O) groups excluding carboxylic acids is 1. The van der Waals surface area contributed by atoms with Crippen molar-refractivity contribution in [1.82, 2.24) is 9.88 Å². The Morgan fingerprint density at radius 2 is 2.05 bits per heavy atom. The first-order chi connectivity index (χ1) is 9.50. The third kappa shape index (κ3) is 6.20. The Morgan fingerprint density at radius 3 is 2.57 bits per heavy atom. The van der Waals surface area contributed by atoms with E-state index >= 15 is 0 Å². The number of hydrogen-bond donors (Lipinski definition) is 2. The van der Waals surface area contributed by atoms with Crippen LogP contribution in [0.3, 0.4) is 0 Å². The van der Waals surface area contributed by atoms with Crippen LogP contribution in [0.4, 0.5) is 13.2 Å². The van der Waals surface area contributed by atoms with Crippen LogP contribution in [-0.2, 0) is 6.54 Å². The van der Waals surface area contributed by atoms with Gasteiger partial charge >= 0.3 is 6.18 Å². The smallest absolute Gasteiger partial charge is 0.388 e. The van der Waals surface area contributed by atoms with Gasteiger partial charge in [0.15, 0.2) is 0 Å². The van der Waals surface area contributed by atoms with Gasteiger partial charge in [0.05, 0.1) is 5.60 Å². The number of hydrogen-bond acceptors (Lipinski definition) is 2. The highest BCUT2D eigenvalue weighted by Crippen LogP contribution is 2.19. The molecule has 1 heterocycles. The van der Waals surface area contributed by atoms with E-state index in [1.54, 1.807) is 6.92 Å². The summed E-state index contributed by atoms with van der Waals surface area (Å²) in [4.78, 5) is 11.9. The number of amides is 1. The molecule has 7 heteroatoms. The van der Waals surface area contributed by atoms with Gasteiger partial charge in [-0.05, 0) is 31.4 Å². The van der Waals surface area contributed by atoms with E-state index in [-0.39, 0.29) is 18.2 Å². The van der Waals surface area contributed by atoms with Crippen LogP contribution in [0.1, 0.15) is 37.7 Å². The van der Waals surface area contributed by atoms with Crippen molar-refractivity contribution in [2.75, 3.05) is 6.54 Å². The second kappa shape index (κ2) is 6.51. The molecule has 0 aromatic carbocycles. The number of alkyl halides is 3. The summed E-state index contributed by atoms with van der Waals surface area (Å²) in [5.74, 6) is -0.390. The lowest BCUT2D eigenvalue weighted by atomic mass is 9.94. The molecule has 1 aromatic heterocycles. The van der Waals surface area contributed by atoms with Gasteiger partial charge in [0.25, 0.3) is 5.91 Å². The molecule has 0 fully saturated rings. The van der Waals surface area contributed by atoms with Crippen LogP contribution in [0.2, 0.25) is 0 Å². The van der Waals surface area contributed by atoms with Gasteiger partial charge in [-0.15, -0.1) is 0 Å². The highest BCUT2D eigenvalue weighted by Gasteiger charge is 2.30. The Kier molecular flexibility index (Phi) is 5.44. The summed E-state index contributed by atoms with van der Waals surface area (Å²) in [6.45, 7) is 4.23. The number of nitrogens with one attached hydrogen (secondary N) is 1.